The van der Waals surface area contributed by atoms with Crippen LogP contribution in [0.5, 0.6) is 0 Å². The van der Waals surface area contributed by atoms with Crippen LogP contribution in [0.2, 0.25) is 0 Å². The van der Waals surface area contributed by atoms with Crippen molar-refractivity contribution in [3.8, 4) is 0 Å². The predicted molar refractivity (Wildman–Crippen MR) is 132 cm³/mol. The molecule has 3 atom stereocenters. The molecule has 6 N–H and O–H groups in total. The summed E-state index contributed by atoms with van der Waals surface area (Å²) in [6, 6.07) is 5.32. The van der Waals surface area contributed by atoms with Crippen molar-refractivity contribution < 1.29 is 36.6 Å². The standard InChI is InChI=1S/C22H34N6O8S/c1-22(2,3)34-21(31)26-19(24)14-8-6-13(7-9-14)17-10-15(35-27-17)11-18(29)25-12-16(23)20(30)36-37(32,33)28(4)5/h6-9,15-17,27H,10-12,23H2,1-5H3,(H,25,29)(H2,24,26,31)/t15-,16?,17+/m1/s1. The molecule has 1 aliphatic heterocycles. The molecule has 0 radical (unpaired) electrons. The molecule has 1 saturated heterocycles. The van der Waals surface area contributed by atoms with Gasteiger partial charge in [0.25, 0.3) is 0 Å². The highest BCUT2D eigenvalue weighted by Gasteiger charge is 2.30. The lowest BCUT2D eigenvalue weighted by Gasteiger charge is -2.20. The van der Waals surface area contributed by atoms with Gasteiger partial charge in [0.05, 0.1) is 18.6 Å². The number of rotatable bonds is 9. The molecule has 1 aromatic carbocycles. The highest BCUT2D eigenvalue weighted by Crippen LogP contribution is 2.27. The number of carbonyl (C=O) groups is 3. The largest absolute Gasteiger partial charge is 0.444 e. The molecule has 2 amide bonds. The number of amides is 2. The van der Waals surface area contributed by atoms with E-state index in [2.05, 4.69) is 20.3 Å². The second-order valence-corrected chi connectivity index (χ2v) is 11.3. The quantitative estimate of drug-likeness (QED) is 0.210. The number of nitrogens with one attached hydrogen (secondary N) is 4. The van der Waals surface area contributed by atoms with Gasteiger partial charge in [0.2, 0.25) is 5.91 Å². The van der Waals surface area contributed by atoms with Crippen LogP contribution in [0.1, 0.15) is 50.8 Å². The Bertz CT molecular complexity index is 1100. The number of alkyl carbamates (subject to hydrolysis) is 1. The van der Waals surface area contributed by atoms with E-state index in [0.29, 0.717) is 12.0 Å². The van der Waals surface area contributed by atoms with Gasteiger partial charge in [0, 0.05) is 26.2 Å². The average molecular weight is 543 g/mol. The molecular weight excluding hydrogens is 508 g/mol. The minimum absolute atomic E-state index is 0.0240. The van der Waals surface area contributed by atoms with Crippen molar-refractivity contribution in [1.82, 2.24) is 20.4 Å². The fraction of sp³-hybridized carbons (Fsp3) is 0.545. The maximum atomic E-state index is 12.2. The highest BCUT2D eigenvalue weighted by molar-refractivity contribution is 7.84. The van der Waals surface area contributed by atoms with Crippen LogP contribution >= 0.6 is 0 Å². The second-order valence-electron chi connectivity index (χ2n) is 9.53. The van der Waals surface area contributed by atoms with E-state index in [1.807, 2.05) is 0 Å². The summed E-state index contributed by atoms with van der Waals surface area (Å²) in [5, 5.41) is 12.9. The molecule has 206 valence electrons. The molecule has 14 nitrogen and oxygen atoms in total. The van der Waals surface area contributed by atoms with Crippen molar-refractivity contribution in [2.75, 3.05) is 20.6 Å². The molecular formula is C22H34N6O8S. The predicted octanol–water partition coefficient (Wildman–Crippen LogP) is 0.0545. The first-order valence-electron chi connectivity index (χ1n) is 11.4. The molecule has 0 aromatic heterocycles. The summed E-state index contributed by atoms with van der Waals surface area (Å²) >= 11 is 0. The Kier molecular flexibility index (Phi) is 10.1. The van der Waals surface area contributed by atoms with Gasteiger partial charge in [0.1, 0.15) is 17.5 Å². The Morgan fingerprint density at radius 1 is 1.24 bits per heavy atom. The van der Waals surface area contributed by atoms with Crippen molar-refractivity contribution in [3.63, 3.8) is 0 Å². The molecule has 0 saturated carbocycles. The van der Waals surface area contributed by atoms with E-state index >= 15 is 0 Å². The lowest BCUT2D eigenvalue weighted by molar-refractivity contribution is -0.135. The summed E-state index contributed by atoms with van der Waals surface area (Å²) in [5.74, 6) is -1.73. The van der Waals surface area contributed by atoms with E-state index in [1.165, 1.54) is 14.1 Å². The van der Waals surface area contributed by atoms with Gasteiger partial charge in [0.15, 0.2) is 0 Å². The van der Waals surface area contributed by atoms with Crippen molar-refractivity contribution >= 4 is 34.1 Å². The van der Waals surface area contributed by atoms with Crippen molar-refractivity contribution in [1.29, 1.82) is 5.41 Å². The van der Waals surface area contributed by atoms with Gasteiger partial charge in [-0.2, -0.15) is 18.2 Å². The second kappa shape index (κ2) is 12.4. The molecule has 1 fully saturated rings. The van der Waals surface area contributed by atoms with Gasteiger partial charge < -0.3 is 20.0 Å². The third kappa shape index (κ3) is 9.70. The van der Waals surface area contributed by atoms with Crippen LogP contribution in [0, 0.1) is 5.41 Å². The number of carbonyl (C=O) groups excluding carboxylic acids is 3. The highest BCUT2D eigenvalue weighted by atomic mass is 32.2. The van der Waals surface area contributed by atoms with Crippen LogP contribution in [0.15, 0.2) is 24.3 Å². The van der Waals surface area contributed by atoms with E-state index in [9.17, 15) is 22.8 Å². The third-order valence-corrected chi connectivity index (χ3v) is 6.24. The molecule has 1 aromatic rings. The minimum Gasteiger partial charge on any atom is -0.444 e. The fourth-order valence-corrected chi connectivity index (χ4v) is 3.53. The SMILES string of the molecule is CN(C)S(=O)(=O)OC(=O)C(N)CNC(=O)C[C@H]1C[C@@H](c2ccc(C(=N)NC(=O)OC(C)(C)C)cc2)NO1. The van der Waals surface area contributed by atoms with Gasteiger partial charge >= 0.3 is 22.4 Å². The number of ether oxygens (including phenoxy) is 1. The zero-order chi connectivity index (χ0) is 28.0. The normalized spacial score (nSPS) is 18.7. The summed E-state index contributed by atoms with van der Waals surface area (Å²) in [6.45, 7) is 4.87. The Morgan fingerprint density at radius 2 is 1.86 bits per heavy atom. The summed E-state index contributed by atoms with van der Waals surface area (Å²) in [4.78, 5) is 41.4. The van der Waals surface area contributed by atoms with Crippen LogP contribution in [0.3, 0.4) is 0 Å². The molecule has 0 bridgehead atoms. The first-order valence-corrected chi connectivity index (χ1v) is 12.7. The molecule has 1 unspecified atom stereocenters. The molecule has 37 heavy (non-hydrogen) atoms. The lowest BCUT2D eigenvalue weighted by atomic mass is 9.99. The number of benzene rings is 1. The van der Waals surface area contributed by atoms with Crippen molar-refractivity contribution in [2.24, 2.45) is 5.73 Å². The molecule has 1 aliphatic rings. The topological polar surface area (TPSA) is 202 Å². The van der Waals surface area contributed by atoms with E-state index in [1.54, 1.807) is 45.0 Å². The van der Waals surface area contributed by atoms with E-state index in [-0.39, 0.29) is 24.8 Å². The van der Waals surface area contributed by atoms with Crippen molar-refractivity contribution in [2.45, 2.75) is 57.4 Å². The van der Waals surface area contributed by atoms with E-state index < -0.39 is 46.0 Å². The van der Waals surface area contributed by atoms with Crippen LogP contribution in [-0.2, 0) is 33.7 Å². The fourth-order valence-electron chi connectivity index (χ4n) is 3.05. The number of nitrogens with two attached hydrogens (primary N) is 1. The maximum Gasteiger partial charge on any atom is 0.413 e. The van der Waals surface area contributed by atoms with Gasteiger partial charge in [-0.15, -0.1) is 0 Å². The molecule has 0 spiro atoms. The van der Waals surface area contributed by atoms with Crippen LogP contribution < -0.4 is 21.8 Å². The number of nitrogens with zero attached hydrogens (tertiary/aromatic N) is 1. The number of hydrogen-bond acceptors (Lipinski definition) is 11. The summed E-state index contributed by atoms with van der Waals surface area (Å²) in [7, 11) is -1.83. The monoisotopic (exact) mass is 542 g/mol. The summed E-state index contributed by atoms with van der Waals surface area (Å²) in [5.41, 5.74) is 9.12. The number of hydrogen-bond donors (Lipinski definition) is 5. The smallest absolute Gasteiger partial charge is 0.413 e. The van der Waals surface area contributed by atoms with E-state index in [0.717, 1.165) is 9.87 Å². The Balaban J connectivity index is 1.80. The van der Waals surface area contributed by atoms with Gasteiger partial charge in [-0.05, 0) is 32.8 Å². The first-order chi connectivity index (χ1) is 17.1. The number of hydroxylamine groups is 1. The van der Waals surface area contributed by atoms with Crippen LogP contribution in [-0.4, -0.2) is 74.9 Å². The maximum absolute atomic E-state index is 12.2. The number of amidine groups is 1. The molecule has 1 heterocycles. The minimum atomic E-state index is -4.22. The van der Waals surface area contributed by atoms with Crippen LogP contribution in [0.25, 0.3) is 0 Å². The summed E-state index contributed by atoms with van der Waals surface area (Å²) in [6.07, 6.45) is -0.738. The van der Waals surface area contributed by atoms with Gasteiger partial charge in [-0.1, -0.05) is 24.3 Å². The average Bonchev–Trinajstić information content (AvgIpc) is 3.24. The molecule has 2 rings (SSSR count). The third-order valence-electron chi connectivity index (χ3n) is 4.97. The first kappa shape index (κ1) is 30.1. The zero-order valence-electron chi connectivity index (χ0n) is 21.4. The van der Waals surface area contributed by atoms with Gasteiger partial charge in [-0.25, -0.2) is 9.59 Å². The Morgan fingerprint density at radius 3 is 2.43 bits per heavy atom. The Hall–Kier alpha value is -3.11. The van der Waals surface area contributed by atoms with Crippen molar-refractivity contribution in [3.05, 3.63) is 35.4 Å². The summed E-state index contributed by atoms with van der Waals surface area (Å²) < 4.78 is 33.4. The molecule has 0 aliphatic carbocycles. The Labute approximate surface area is 215 Å². The van der Waals surface area contributed by atoms with Gasteiger partial charge in [-0.3, -0.25) is 20.4 Å². The molecule has 15 heteroatoms. The zero-order valence-corrected chi connectivity index (χ0v) is 22.2. The van der Waals surface area contributed by atoms with Crippen LogP contribution in [0.4, 0.5) is 4.79 Å². The van der Waals surface area contributed by atoms with E-state index in [4.69, 9.17) is 20.7 Å². The lowest BCUT2D eigenvalue weighted by Crippen LogP contribution is -2.45.